The standard InChI is InChI=1S/C19H29NO2/c1-18-7-5-12(21)9-11(18)10-15(22)17-13-3-4-16(20)19(13,2)8-6-14(17)18/h5,7,9,12-17,21-22H,3-4,6,8,10,20H2,1-2H3/t12?,13-,14+,15?,16?,17-,18-,19-/m0/s1. The SMILES string of the molecule is C[C@]12C=CC(O)C=C1CC(O)[C@@H]1[C@H]2CC[C@]2(C)C(N)CC[C@@H]12. The van der Waals surface area contributed by atoms with E-state index in [4.69, 9.17) is 5.73 Å². The highest BCUT2D eigenvalue weighted by molar-refractivity contribution is 5.34. The number of rotatable bonds is 0. The number of hydrogen-bond acceptors (Lipinski definition) is 3. The van der Waals surface area contributed by atoms with Gasteiger partial charge in [-0.3, -0.25) is 0 Å². The van der Waals surface area contributed by atoms with Crippen LogP contribution < -0.4 is 5.73 Å². The van der Waals surface area contributed by atoms with Gasteiger partial charge in [0.25, 0.3) is 0 Å². The van der Waals surface area contributed by atoms with Gasteiger partial charge in [0.2, 0.25) is 0 Å². The molecule has 0 spiro atoms. The van der Waals surface area contributed by atoms with E-state index in [0.29, 0.717) is 30.2 Å². The summed E-state index contributed by atoms with van der Waals surface area (Å²) < 4.78 is 0. The van der Waals surface area contributed by atoms with Gasteiger partial charge in [-0.2, -0.15) is 0 Å². The van der Waals surface area contributed by atoms with Crippen molar-refractivity contribution in [1.29, 1.82) is 0 Å². The molecule has 0 heterocycles. The molecule has 0 radical (unpaired) electrons. The molecular formula is C19H29NO2. The highest BCUT2D eigenvalue weighted by Gasteiger charge is 2.60. The largest absolute Gasteiger partial charge is 0.392 e. The van der Waals surface area contributed by atoms with Gasteiger partial charge in [-0.1, -0.05) is 37.6 Å². The van der Waals surface area contributed by atoms with Gasteiger partial charge in [0.15, 0.2) is 0 Å². The Morgan fingerprint density at radius 3 is 2.68 bits per heavy atom. The molecule has 3 fully saturated rings. The minimum absolute atomic E-state index is 0.0111. The van der Waals surface area contributed by atoms with Crippen LogP contribution in [0.25, 0.3) is 0 Å². The zero-order valence-corrected chi connectivity index (χ0v) is 13.7. The van der Waals surface area contributed by atoms with E-state index in [1.165, 1.54) is 12.0 Å². The van der Waals surface area contributed by atoms with E-state index >= 15 is 0 Å². The van der Waals surface area contributed by atoms with Gasteiger partial charge < -0.3 is 15.9 Å². The van der Waals surface area contributed by atoms with Crippen molar-refractivity contribution in [2.24, 2.45) is 34.3 Å². The zero-order valence-electron chi connectivity index (χ0n) is 13.7. The molecule has 22 heavy (non-hydrogen) atoms. The number of allylic oxidation sites excluding steroid dienone is 1. The van der Waals surface area contributed by atoms with Crippen LogP contribution >= 0.6 is 0 Å². The predicted octanol–water partition coefficient (Wildman–Crippen LogP) is 2.38. The number of fused-ring (bicyclic) bond motifs is 5. The Hall–Kier alpha value is -0.640. The summed E-state index contributed by atoms with van der Waals surface area (Å²) in [5.41, 5.74) is 7.89. The van der Waals surface area contributed by atoms with Gasteiger partial charge >= 0.3 is 0 Å². The summed E-state index contributed by atoms with van der Waals surface area (Å²) in [4.78, 5) is 0. The third-order valence-electron chi connectivity index (χ3n) is 7.75. The van der Waals surface area contributed by atoms with Crippen molar-refractivity contribution in [3.8, 4) is 0 Å². The summed E-state index contributed by atoms with van der Waals surface area (Å²) in [6, 6.07) is 0.291. The summed E-state index contributed by atoms with van der Waals surface area (Å²) in [7, 11) is 0. The van der Waals surface area contributed by atoms with Gasteiger partial charge in [0.05, 0.1) is 12.2 Å². The van der Waals surface area contributed by atoms with E-state index in [9.17, 15) is 10.2 Å². The molecule has 0 aromatic carbocycles. The average molecular weight is 303 g/mol. The first kappa shape index (κ1) is 14.9. The average Bonchev–Trinajstić information content (AvgIpc) is 2.77. The molecule has 3 nitrogen and oxygen atoms in total. The van der Waals surface area contributed by atoms with E-state index in [2.05, 4.69) is 19.9 Å². The van der Waals surface area contributed by atoms with Crippen LogP contribution in [0.5, 0.6) is 0 Å². The molecule has 0 amide bonds. The Balaban J connectivity index is 1.74. The molecule has 8 atom stereocenters. The monoisotopic (exact) mass is 303 g/mol. The molecule has 3 heteroatoms. The summed E-state index contributed by atoms with van der Waals surface area (Å²) in [5.74, 6) is 1.39. The molecule has 4 aliphatic carbocycles. The Labute approximate surface area is 133 Å². The number of aliphatic hydroxyl groups is 2. The van der Waals surface area contributed by atoms with Crippen molar-refractivity contribution in [2.45, 2.75) is 64.2 Å². The van der Waals surface area contributed by atoms with Crippen molar-refractivity contribution in [2.75, 3.05) is 0 Å². The molecule has 3 saturated carbocycles. The van der Waals surface area contributed by atoms with Crippen LogP contribution in [0, 0.1) is 28.6 Å². The van der Waals surface area contributed by atoms with Gasteiger partial charge in [-0.15, -0.1) is 0 Å². The van der Waals surface area contributed by atoms with Gasteiger partial charge in [-0.05, 0) is 55.3 Å². The van der Waals surface area contributed by atoms with E-state index < -0.39 is 6.10 Å². The minimum Gasteiger partial charge on any atom is -0.392 e. The Kier molecular flexibility index (Phi) is 3.18. The molecule has 0 bridgehead atoms. The molecule has 4 N–H and O–H groups in total. The molecule has 122 valence electrons. The molecule has 0 aliphatic heterocycles. The summed E-state index contributed by atoms with van der Waals surface area (Å²) in [6.45, 7) is 4.66. The summed E-state index contributed by atoms with van der Waals surface area (Å²) in [6.07, 6.45) is 10.6. The fourth-order valence-corrected chi connectivity index (χ4v) is 6.33. The van der Waals surface area contributed by atoms with Crippen LogP contribution in [-0.4, -0.2) is 28.5 Å². The smallest absolute Gasteiger partial charge is 0.0905 e. The van der Waals surface area contributed by atoms with Gasteiger partial charge in [0, 0.05) is 11.5 Å². The lowest BCUT2D eigenvalue weighted by atomic mass is 9.47. The highest BCUT2D eigenvalue weighted by atomic mass is 16.3. The lowest BCUT2D eigenvalue weighted by Crippen LogP contribution is -2.56. The van der Waals surface area contributed by atoms with Crippen molar-refractivity contribution in [3.05, 3.63) is 23.8 Å². The van der Waals surface area contributed by atoms with Crippen LogP contribution in [0.3, 0.4) is 0 Å². The third-order valence-corrected chi connectivity index (χ3v) is 7.75. The normalized spacial score (nSPS) is 56.9. The summed E-state index contributed by atoms with van der Waals surface area (Å²) >= 11 is 0. The highest BCUT2D eigenvalue weighted by Crippen LogP contribution is 2.64. The summed E-state index contributed by atoms with van der Waals surface area (Å²) in [5, 5.41) is 20.8. The predicted molar refractivity (Wildman–Crippen MR) is 87.0 cm³/mol. The van der Waals surface area contributed by atoms with Crippen molar-refractivity contribution < 1.29 is 10.2 Å². The minimum atomic E-state index is -0.486. The molecule has 4 rings (SSSR count). The molecule has 3 unspecified atom stereocenters. The second-order valence-electron chi connectivity index (χ2n) is 8.61. The van der Waals surface area contributed by atoms with Crippen LogP contribution in [0.1, 0.15) is 46.0 Å². The van der Waals surface area contributed by atoms with E-state index in [1.807, 2.05) is 12.2 Å². The third kappa shape index (κ3) is 1.79. The van der Waals surface area contributed by atoms with E-state index in [1.54, 1.807) is 0 Å². The lowest BCUT2D eigenvalue weighted by Gasteiger charge is -2.58. The maximum absolute atomic E-state index is 10.9. The van der Waals surface area contributed by atoms with Gasteiger partial charge in [-0.25, -0.2) is 0 Å². The quantitative estimate of drug-likeness (QED) is 0.602. The van der Waals surface area contributed by atoms with Crippen molar-refractivity contribution >= 4 is 0 Å². The fraction of sp³-hybridized carbons (Fsp3) is 0.789. The Morgan fingerprint density at radius 2 is 1.91 bits per heavy atom. The molecular weight excluding hydrogens is 274 g/mol. The first-order valence-electron chi connectivity index (χ1n) is 8.88. The first-order valence-corrected chi connectivity index (χ1v) is 8.88. The second kappa shape index (κ2) is 4.68. The van der Waals surface area contributed by atoms with E-state index in [-0.39, 0.29) is 16.9 Å². The zero-order chi connectivity index (χ0) is 15.7. The van der Waals surface area contributed by atoms with E-state index in [0.717, 1.165) is 19.3 Å². The lowest BCUT2D eigenvalue weighted by molar-refractivity contribution is -0.0885. The van der Waals surface area contributed by atoms with Crippen molar-refractivity contribution in [1.82, 2.24) is 0 Å². The number of hydrogen-bond donors (Lipinski definition) is 3. The molecule has 0 aromatic rings. The first-order chi connectivity index (χ1) is 10.4. The van der Waals surface area contributed by atoms with Crippen molar-refractivity contribution in [3.63, 3.8) is 0 Å². The Bertz CT molecular complexity index is 542. The number of nitrogens with two attached hydrogens (primary N) is 1. The molecule has 0 saturated heterocycles. The fourth-order valence-electron chi connectivity index (χ4n) is 6.33. The van der Waals surface area contributed by atoms with Crippen LogP contribution in [-0.2, 0) is 0 Å². The van der Waals surface area contributed by atoms with Crippen LogP contribution in [0.4, 0.5) is 0 Å². The van der Waals surface area contributed by atoms with Crippen LogP contribution in [0.2, 0.25) is 0 Å². The van der Waals surface area contributed by atoms with Gasteiger partial charge in [0.1, 0.15) is 0 Å². The maximum atomic E-state index is 10.9. The Morgan fingerprint density at radius 1 is 1.14 bits per heavy atom. The number of aliphatic hydroxyl groups excluding tert-OH is 2. The van der Waals surface area contributed by atoms with Crippen LogP contribution in [0.15, 0.2) is 23.8 Å². The molecule has 4 aliphatic rings. The topological polar surface area (TPSA) is 66.5 Å². The molecule has 0 aromatic heterocycles. The maximum Gasteiger partial charge on any atom is 0.0905 e. The second-order valence-corrected chi connectivity index (χ2v) is 8.61.